The van der Waals surface area contributed by atoms with Gasteiger partial charge >= 0.3 is 0 Å². The first-order chi connectivity index (χ1) is 16.7. The molecule has 4 rings (SSSR count). The minimum Gasteiger partial charge on any atom is -0.494 e. The van der Waals surface area contributed by atoms with Crippen molar-refractivity contribution in [2.75, 3.05) is 46.0 Å². The molecule has 1 aromatic carbocycles. The lowest BCUT2D eigenvalue weighted by Gasteiger charge is -2.29. The zero-order valence-electron chi connectivity index (χ0n) is 19.6. The molecule has 34 heavy (non-hydrogen) atoms. The van der Waals surface area contributed by atoms with E-state index in [4.69, 9.17) is 18.3 Å². The van der Waals surface area contributed by atoms with Gasteiger partial charge in [-0.3, -0.25) is 14.6 Å². The van der Waals surface area contributed by atoms with Crippen LogP contribution in [0.5, 0.6) is 5.75 Å². The Morgan fingerprint density at radius 3 is 2.71 bits per heavy atom. The van der Waals surface area contributed by atoms with E-state index in [-0.39, 0.29) is 11.6 Å². The molecular weight excluding hydrogens is 436 g/mol. The second-order valence-corrected chi connectivity index (χ2v) is 8.13. The average Bonchev–Trinajstić information content (AvgIpc) is 3.56. The SMILES string of the molecule is CCOc1ccc(CN(CCN2CCOCC2)Cc2nc(C(=O)NCc3ccco3)co2)cc1. The number of nitrogens with zero attached hydrogens (tertiary/aromatic N) is 3. The van der Waals surface area contributed by atoms with Crippen molar-refractivity contribution in [2.24, 2.45) is 0 Å². The third kappa shape index (κ3) is 7.18. The molecule has 0 aliphatic carbocycles. The van der Waals surface area contributed by atoms with E-state index < -0.39 is 0 Å². The molecule has 182 valence electrons. The number of ether oxygens (including phenoxy) is 2. The van der Waals surface area contributed by atoms with Crippen molar-refractivity contribution in [2.45, 2.75) is 26.6 Å². The number of rotatable bonds is 12. The highest BCUT2D eigenvalue weighted by molar-refractivity contribution is 5.91. The van der Waals surface area contributed by atoms with Gasteiger partial charge in [0.05, 0.1) is 39.2 Å². The van der Waals surface area contributed by atoms with E-state index in [0.717, 1.165) is 51.7 Å². The van der Waals surface area contributed by atoms with Crippen molar-refractivity contribution in [3.8, 4) is 5.75 Å². The van der Waals surface area contributed by atoms with Crippen molar-refractivity contribution in [3.63, 3.8) is 0 Å². The Labute approximate surface area is 199 Å². The standard InChI is InChI=1S/C25H32N4O5/c1-2-32-21-7-5-20(6-8-21)17-29(10-9-28-11-14-31-15-12-28)18-24-27-23(19-34-24)25(30)26-16-22-4-3-13-33-22/h3-8,13,19H,2,9-12,14-18H2,1H3,(H,26,30). The minimum absolute atomic E-state index is 0.260. The highest BCUT2D eigenvalue weighted by Crippen LogP contribution is 2.16. The summed E-state index contributed by atoms with van der Waals surface area (Å²) in [5.41, 5.74) is 1.43. The number of hydrogen-bond donors (Lipinski definition) is 1. The maximum atomic E-state index is 12.4. The number of aromatic nitrogens is 1. The van der Waals surface area contributed by atoms with Gasteiger partial charge in [0.1, 0.15) is 17.8 Å². The van der Waals surface area contributed by atoms with Crippen LogP contribution in [0.4, 0.5) is 0 Å². The van der Waals surface area contributed by atoms with Crippen molar-refractivity contribution in [3.05, 3.63) is 71.8 Å². The van der Waals surface area contributed by atoms with Gasteiger partial charge in [-0.15, -0.1) is 0 Å². The van der Waals surface area contributed by atoms with E-state index in [0.29, 0.717) is 31.3 Å². The van der Waals surface area contributed by atoms with Crippen LogP contribution in [-0.4, -0.2) is 66.7 Å². The lowest BCUT2D eigenvalue weighted by Crippen LogP contribution is -2.41. The third-order valence-electron chi connectivity index (χ3n) is 5.62. The van der Waals surface area contributed by atoms with Crippen LogP contribution in [0, 0.1) is 0 Å². The molecule has 0 spiro atoms. The van der Waals surface area contributed by atoms with Gasteiger partial charge in [-0.25, -0.2) is 4.98 Å². The zero-order valence-corrected chi connectivity index (χ0v) is 19.6. The molecule has 0 unspecified atom stereocenters. The maximum absolute atomic E-state index is 12.4. The molecule has 3 aromatic rings. The molecule has 9 heteroatoms. The number of nitrogens with one attached hydrogen (secondary N) is 1. The molecule has 1 N–H and O–H groups in total. The number of carbonyl (C=O) groups excluding carboxylic acids is 1. The number of furan rings is 1. The summed E-state index contributed by atoms with van der Waals surface area (Å²) in [4.78, 5) is 21.5. The van der Waals surface area contributed by atoms with E-state index >= 15 is 0 Å². The maximum Gasteiger partial charge on any atom is 0.273 e. The van der Waals surface area contributed by atoms with Crippen LogP contribution in [0.15, 0.2) is 57.8 Å². The van der Waals surface area contributed by atoms with Crippen LogP contribution in [0.25, 0.3) is 0 Å². The molecule has 1 aliphatic rings. The molecular formula is C25H32N4O5. The van der Waals surface area contributed by atoms with Gasteiger partial charge < -0.3 is 23.6 Å². The summed E-state index contributed by atoms with van der Waals surface area (Å²) < 4.78 is 21.9. The Hall–Kier alpha value is -3.14. The quantitative estimate of drug-likeness (QED) is 0.434. The summed E-state index contributed by atoms with van der Waals surface area (Å²) in [6.07, 6.45) is 2.98. The van der Waals surface area contributed by atoms with Crippen LogP contribution in [0.1, 0.15) is 34.6 Å². The first kappa shape index (κ1) is 24.0. The third-order valence-corrected chi connectivity index (χ3v) is 5.62. The van der Waals surface area contributed by atoms with Crippen LogP contribution in [0.2, 0.25) is 0 Å². The van der Waals surface area contributed by atoms with Crippen molar-refractivity contribution in [1.82, 2.24) is 20.1 Å². The molecule has 9 nitrogen and oxygen atoms in total. The Kier molecular flexibility index (Phi) is 8.72. The van der Waals surface area contributed by atoms with E-state index in [1.807, 2.05) is 25.1 Å². The van der Waals surface area contributed by atoms with Gasteiger partial charge in [-0.2, -0.15) is 0 Å². The van der Waals surface area contributed by atoms with Gasteiger partial charge in [-0.1, -0.05) is 12.1 Å². The van der Waals surface area contributed by atoms with Crippen molar-refractivity contribution in [1.29, 1.82) is 0 Å². The molecule has 0 atom stereocenters. The Balaban J connectivity index is 1.37. The summed E-state index contributed by atoms with van der Waals surface area (Å²) >= 11 is 0. The molecule has 1 amide bonds. The lowest BCUT2D eigenvalue weighted by atomic mass is 10.2. The number of carbonyl (C=O) groups is 1. The normalized spacial score (nSPS) is 14.4. The van der Waals surface area contributed by atoms with E-state index in [2.05, 4.69) is 32.2 Å². The minimum atomic E-state index is -0.294. The predicted molar refractivity (Wildman–Crippen MR) is 125 cm³/mol. The van der Waals surface area contributed by atoms with Gasteiger partial charge in [0.2, 0.25) is 5.89 Å². The molecule has 3 heterocycles. The first-order valence-corrected chi connectivity index (χ1v) is 11.7. The fourth-order valence-corrected chi connectivity index (χ4v) is 3.79. The molecule has 1 saturated heterocycles. The number of morpholine rings is 1. The van der Waals surface area contributed by atoms with Crippen LogP contribution in [-0.2, 0) is 24.4 Å². The van der Waals surface area contributed by atoms with Gasteiger partial charge in [0.15, 0.2) is 5.69 Å². The summed E-state index contributed by atoms with van der Waals surface area (Å²) in [5.74, 6) is 1.76. The molecule has 1 aliphatic heterocycles. The van der Waals surface area contributed by atoms with Gasteiger partial charge in [0.25, 0.3) is 5.91 Å². The summed E-state index contributed by atoms with van der Waals surface area (Å²) in [6.45, 7) is 9.36. The van der Waals surface area contributed by atoms with Gasteiger partial charge in [-0.05, 0) is 36.8 Å². The van der Waals surface area contributed by atoms with E-state index in [1.54, 1.807) is 12.3 Å². The van der Waals surface area contributed by atoms with E-state index in [1.165, 1.54) is 11.8 Å². The van der Waals surface area contributed by atoms with Crippen LogP contribution >= 0.6 is 0 Å². The monoisotopic (exact) mass is 468 g/mol. The lowest BCUT2D eigenvalue weighted by molar-refractivity contribution is 0.0320. The van der Waals surface area contributed by atoms with Crippen molar-refractivity contribution >= 4 is 5.91 Å². The Bertz CT molecular complexity index is 997. The first-order valence-electron chi connectivity index (χ1n) is 11.7. The van der Waals surface area contributed by atoms with Crippen LogP contribution in [0.3, 0.4) is 0 Å². The Morgan fingerprint density at radius 1 is 1.15 bits per heavy atom. The molecule has 1 fully saturated rings. The molecule has 0 saturated carbocycles. The predicted octanol–water partition coefficient (Wildman–Crippen LogP) is 2.93. The smallest absolute Gasteiger partial charge is 0.273 e. The number of hydrogen-bond acceptors (Lipinski definition) is 8. The molecule has 0 bridgehead atoms. The van der Waals surface area contributed by atoms with E-state index in [9.17, 15) is 4.79 Å². The van der Waals surface area contributed by atoms with Gasteiger partial charge in [0, 0.05) is 32.7 Å². The summed E-state index contributed by atoms with van der Waals surface area (Å²) in [5, 5.41) is 2.79. The topological polar surface area (TPSA) is 93.2 Å². The van der Waals surface area contributed by atoms with Crippen molar-refractivity contribution < 1.29 is 23.1 Å². The number of oxazole rings is 1. The van der Waals surface area contributed by atoms with Crippen LogP contribution < -0.4 is 10.1 Å². The zero-order chi connectivity index (χ0) is 23.6. The fourth-order valence-electron chi connectivity index (χ4n) is 3.79. The highest BCUT2D eigenvalue weighted by atomic mass is 16.5. The second kappa shape index (κ2) is 12.4. The number of amides is 1. The molecule has 2 aromatic heterocycles. The summed E-state index contributed by atoms with van der Waals surface area (Å²) in [6, 6.07) is 11.7. The second-order valence-electron chi connectivity index (χ2n) is 8.13. The fraction of sp³-hybridized carbons (Fsp3) is 0.440. The average molecular weight is 469 g/mol. The number of benzene rings is 1. The highest BCUT2D eigenvalue weighted by Gasteiger charge is 2.17. The molecule has 0 radical (unpaired) electrons. The summed E-state index contributed by atoms with van der Waals surface area (Å²) in [7, 11) is 0. The largest absolute Gasteiger partial charge is 0.494 e. The Morgan fingerprint density at radius 2 is 1.97 bits per heavy atom.